The summed E-state index contributed by atoms with van der Waals surface area (Å²) in [4.78, 5) is 7.04. The van der Waals surface area contributed by atoms with Crippen LogP contribution in [0, 0.1) is 0 Å². The molecule has 3 rings (SSSR count). The van der Waals surface area contributed by atoms with Crippen LogP contribution in [-0.4, -0.2) is 47.3 Å². The van der Waals surface area contributed by atoms with Crippen LogP contribution < -0.4 is 5.73 Å². The van der Waals surface area contributed by atoms with E-state index in [0.29, 0.717) is 18.7 Å². The number of likely N-dealkylation sites (tertiary alicyclic amines) is 1. The summed E-state index contributed by atoms with van der Waals surface area (Å²) in [7, 11) is 1.67. The molecule has 1 unspecified atom stereocenters. The zero-order valence-corrected chi connectivity index (χ0v) is 13.4. The molecule has 0 radical (unpaired) electrons. The minimum atomic E-state index is -0.749. The predicted octanol–water partition coefficient (Wildman–Crippen LogP) is 1.45. The lowest BCUT2D eigenvalue weighted by Gasteiger charge is -2.38. The molecule has 2 heterocycles. The molecule has 2 fully saturated rings. The molecular formula is C15H25N3O2S. The zero-order valence-electron chi connectivity index (χ0n) is 12.6. The normalized spacial score (nSPS) is 34.4. The molecule has 1 aliphatic heterocycles. The van der Waals surface area contributed by atoms with Crippen LogP contribution in [0.15, 0.2) is 5.38 Å². The highest BCUT2D eigenvalue weighted by atomic mass is 32.1. The number of methoxy groups -OCH3 is 1. The van der Waals surface area contributed by atoms with Gasteiger partial charge in [0.05, 0.1) is 12.3 Å². The summed E-state index contributed by atoms with van der Waals surface area (Å²) in [5, 5.41) is 13.8. The summed E-state index contributed by atoms with van der Waals surface area (Å²) >= 11 is 1.57. The fraction of sp³-hybridized carbons (Fsp3) is 0.800. The second-order valence-electron chi connectivity index (χ2n) is 6.37. The van der Waals surface area contributed by atoms with Gasteiger partial charge < -0.3 is 15.6 Å². The summed E-state index contributed by atoms with van der Waals surface area (Å²) < 4.78 is 5.10. The van der Waals surface area contributed by atoms with Crippen molar-refractivity contribution in [3.8, 4) is 0 Å². The third kappa shape index (κ3) is 3.29. The maximum Gasteiger partial charge on any atom is 0.119 e. The van der Waals surface area contributed by atoms with Gasteiger partial charge in [-0.15, -0.1) is 11.3 Å². The quantitative estimate of drug-likeness (QED) is 0.881. The first-order valence-corrected chi connectivity index (χ1v) is 8.64. The van der Waals surface area contributed by atoms with E-state index in [1.54, 1.807) is 18.4 Å². The van der Waals surface area contributed by atoms with Crippen molar-refractivity contribution in [2.75, 3.05) is 20.2 Å². The van der Waals surface area contributed by atoms with Gasteiger partial charge in [0.15, 0.2) is 0 Å². The van der Waals surface area contributed by atoms with Crippen molar-refractivity contribution >= 4 is 11.3 Å². The average Bonchev–Trinajstić information content (AvgIpc) is 3.10. The molecular weight excluding hydrogens is 286 g/mol. The van der Waals surface area contributed by atoms with Crippen molar-refractivity contribution in [2.24, 2.45) is 5.73 Å². The van der Waals surface area contributed by atoms with E-state index in [-0.39, 0.29) is 0 Å². The van der Waals surface area contributed by atoms with Gasteiger partial charge in [0, 0.05) is 37.7 Å². The topological polar surface area (TPSA) is 71.6 Å². The molecule has 1 saturated carbocycles. The first-order valence-electron chi connectivity index (χ1n) is 7.76. The van der Waals surface area contributed by atoms with Crippen molar-refractivity contribution in [2.45, 2.75) is 56.4 Å². The Morgan fingerprint density at radius 1 is 1.48 bits per heavy atom. The van der Waals surface area contributed by atoms with Gasteiger partial charge in [0.2, 0.25) is 0 Å². The van der Waals surface area contributed by atoms with E-state index in [9.17, 15) is 5.11 Å². The Morgan fingerprint density at radius 3 is 2.86 bits per heavy atom. The van der Waals surface area contributed by atoms with E-state index in [4.69, 9.17) is 10.5 Å². The molecule has 6 heteroatoms. The highest BCUT2D eigenvalue weighted by Gasteiger charge is 2.39. The van der Waals surface area contributed by atoms with E-state index >= 15 is 0 Å². The zero-order chi connectivity index (χ0) is 14.9. The number of ether oxygens (including phenoxy) is 1. The first kappa shape index (κ1) is 15.4. The number of aliphatic hydroxyl groups is 1. The maximum atomic E-state index is 10.9. The number of nitrogens with zero attached hydrogens (tertiary/aromatic N) is 2. The minimum absolute atomic E-state index is 0.334. The van der Waals surface area contributed by atoms with Crippen LogP contribution in [0.3, 0.4) is 0 Å². The predicted molar refractivity (Wildman–Crippen MR) is 83.1 cm³/mol. The molecule has 3 N–H and O–H groups in total. The Kier molecular flexibility index (Phi) is 4.61. The molecule has 21 heavy (non-hydrogen) atoms. The second-order valence-corrected chi connectivity index (χ2v) is 7.31. The van der Waals surface area contributed by atoms with Crippen LogP contribution in [0.4, 0.5) is 0 Å². The number of rotatable bonds is 4. The SMILES string of the molecule is COCc1nc(C2(O)CCC(N3CCC(N)C3)CC2)cs1. The second kappa shape index (κ2) is 6.30. The van der Waals surface area contributed by atoms with Crippen molar-refractivity contribution in [3.05, 3.63) is 16.1 Å². The van der Waals surface area contributed by atoms with Crippen LogP contribution in [-0.2, 0) is 16.9 Å². The lowest BCUT2D eigenvalue weighted by Crippen LogP contribution is -2.42. The van der Waals surface area contributed by atoms with Gasteiger partial charge in [-0.3, -0.25) is 4.90 Å². The summed E-state index contributed by atoms with van der Waals surface area (Å²) in [5.41, 5.74) is 6.08. The number of hydrogen-bond acceptors (Lipinski definition) is 6. The van der Waals surface area contributed by atoms with Crippen molar-refractivity contribution in [1.29, 1.82) is 0 Å². The molecule has 0 amide bonds. The monoisotopic (exact) mass is 311 g/mol. The lowest BCUT2D eigenvalue weighted by molar-refractivity contribution is -0.0254. The van der Waals surface area contributed by atoms with Crippen molar-refractivity contribution < 1.29 is 9.84 Å². The third-order valence-corrected chi connectivity index (χ3v) is 5.67. The Bertz CT molecular complexity index is 471. The molecule has 1 saturated heterocycles. The van der Waals surface area contributed by atoms with Crippen molar-refractivity contribution in [3.63, 3.8) is 0 Å². The van der Waals surface area contributed by atoms with Crippen LogP contribution in [0.1, 0.15) is 42.8 Å². The van der Waals surface area contributed by atoms with Crippen LogP contribution >= 0.6 is 11.3 Å². The average molecular weight is 311 g/mol. The highest BCUT2D eigenvalue weighted by Crippen LogP contribution is 2.39. The minimum Gasteiger partial charge on any atom is -0.384 e. The Morgan fingerprint density at radius 2 is 2.24 bits per heavy atom. The van der Waals surface area contributed by atoms with Crippen LogP contribution in [0.5, 0.6) is 0 Å². The fourth-order valence-corrected chi connectivity index (χ4v) is 4.42. The molecule has 2 aliphatic rings. The third-order valence-electron chi connectivity index (χ3n) is 4.85. The van der Waals surface area contributed by atoms with E-state index < -0.39 is 5.60 Å². The molecule has 1 aromatic rings. The van der Waals surface area contributed by atoms with Gasteiger partial charge in [-0.2, -0.15) is 0 Å². The Balaban J connectivity index is 1.60. The molecule has 0 spiro atoms. The Labute approximate surface area is 130 Å². The first-order chi connectivity index (χ1) is 10.1. The molecule has 0 aromatic carbocycles. The van der Waals surface area contributed by atoms with Gasteiger partial charge in [0.1, 0.15) is 10.6 Å². The number of hydrogen-bond donors (Lipinski definition) is 2. The molecule has 5 nitrogen and oxygen atoms in total. The summed E-state index contributed by atoms with van der Waals surface area (Å²) in [6, 6.07) is 0.914. The van der Waals surface area contributed by atoms with E-state index in [2.05, 4.69) is 9.88 Å². The summed E-state index contributed by atoms with van der Waals surface area (Å²) in [5.74, 6) is 0. The van der Waals surface area contributed by atoms with E-state index in [1.165, 1.54) is 0 Å². The lowest BCUT2D eigenvalue weighted by atomic mass is 9.80. The number of aromatic nitrogens is 1. The fourth-order valence-electron chi connectivity index (χ4n) is 3.56. The van der Waals surface area contributed by atoms with E-state index in [1.807, 2.05) is 5.38 Å². The van der Waals surface area contributed by atoms with E-state index in [0.717, 1.165) is 55.9 Å². The van der Waals surface area contributed by atoms with Gasteiger partial charge in [-0.05, 0) is 32.1 Å². The number of nitrogens with two attached hydrogens (primary N) is 1. The summed E-state index contributed by atoms with van der Waals surface area (Å²) in [6.07, 6.45) is 4.74. The largest absolute Gasteiger partial charge is 0.384 e. The maximum absolute atomic E-state index is 10.9. The van der Waals surface area contributed by atoms with Crippen LogP contribution in [0.25, 0.3) is 0 Å². The molecule has 1 aromatic heterocycles. The molecule has 1 aliphatic carbocycles. The Hall–Kier alpha value is -0.530. The van der Waals surface area contributed by atoms with Gasteiger partial charge in [0.25, 0.3) is 0 Å². The standard InChI is InChI=1S/C15H25N3O2S/c1-20-9-14-17-13(10-21-14)15(19)5-2-12(3-6-15)18-7-4-11(16)8-18/h10-12,19H,2-9,16H2,1H3. The van der Waals surface area contributed by atoms with Gasteiger partial charge >= 0.3 is 0 Å². The highest BCUT2D eigenvalue weighted by molar-refractivity contribution is 7.09. The molecule has 0 bridgehead atoms. The van der Waals surface area contributed by atoms with Gasteiger partial charge in [-0.25, -0.2) is 4.98 Å². The van der Waals surface area contributed by atoms with Gasteiger partial charge in [-0.1, -0.05) is 0 Å². The van der Waals surface area contributed by atoms with Crippen LogP contribution in [0.2, 0.25) is 0 Å². The van der Waals surface area contributed by atoms with Crippen molar-refractivity contribution in [1.82, 2.24) is 9.88 Å². The smallest absolute Gasteiger partial charge is 0.119 e. The molecule has 1 atom stereocenters. The molecule has 118 valence electrons. The summed E-state index contributed by atoms with van der Waals surface area (Å²) in [6.45, 7) is 2.64. The number of thiazole rings is 1.